The Kier molecular flexibility index (Phi) is 1.55. The van der Waals surface area contributed by atoms with Gasteiger partial charge in [-0.1, -0.05) is 11.6 Å². The topological polar surface area (TPSA) is 64.7 Å². The summed E-state index contributed by atoms with van der Waals surface area (Å²) in [6.07, 6.45) is 0. The molecule has 1 heterocycles. The van der Waals surface area contributed by atoms with Crippen molar-refractivity contribution in [1.82, 2.24) is 15.2 Å². The lowest BCUT2D eigenvalue weighted by atomic mass is 10.3. The van der Waals surface area contributed by atoms with Crippen molar-refractivity contribution < 1.29 is 0 Å². The van der Waals surface area contributed by atoms with E-state index in [4.69, 9.17) is 17.3 Å². The zero-order valence-electron chi connectivity index (χ0n) is 6.03. The van der Waals surface area contributed by atoms with E-state index in [9.17, 15) is 0 Å². The third kappa shape index (κ3) is 1.16. The Morgan fingerprint density at radius 1 is 1.17 bits per heavy atom. The predicted molar refractivity (Wildman–Crippen MR) is 46.8 cm³/mol. The van der Waals surface area contributed by atoms with Gasteiger partial charge in [0.15, 0.2) is 0 Å². The number of hydrogen-bond donors (Lipinski definition) is 1. The van der Waals surface area contributed by atoms with Crippen LogP contribution in [-0.2, 0) is 0 Å². The van der Waals surface area contributed by atoms with Crippen LogP contribution in [0.4, 0.5) is 5.95 Å². The van der Waals surface area contributed by atoms with Crippen LogP contribution in [0, 0.1) is 0 Å². The molecule has 4 nitrogen and oxygen atoms in total. The van der Waals surface area contributed by atoms with Crippen molar-refractivity contribution in [3.63, 3.8) is 0 Å². The first-order valence-electron chi connectivity index (χ1n) is 3.31. The number of nitrogens with two attached hydrogens (primary N) is 1. The number of benzene rings is 1. The van der Waals surface area contributed by atoms with Crippen LogP contribution in [0.15, 0.2) is 18.2 Å². The lowest BCUT2D eigenvalue weighted by molar-refractivity contribution is 1.04. The molecule has 0 atom stereocenters. The minimum atomic E-state index is 0.157. The molecule has 0 aliphatic rings. The molecule has 60 valence electrons. The van der Waals surface area contributed by atoms with E-state index in [0.717, 1.165) is 0 Å². The van der Waals surface area contributed by atoms with Gasteiger partial charge in [-0.3, -0.25) is 0 Å². The van der Waals surface area contributed by atoms with Crippen molar-refractivity contribution in [2.45, 2.75) is 0 Å². The maximum Gasteiger partial charge on any atom is 0.240 e. The van der Waals surface area contributed by atoms with E-state index < -0.39 is 0 Å². The fraction of sp³-hybridized carbons (Fsp3) is 0. The van der Waals surface area contributed by atoms with E-state index in [-0.39, 0.29) is 5.95 Å². The summed E-state index contributed by atoms with van der Waals surface area (Å²) in [5, 5.41) is 8.05. The number of fused-ring (bicyclic) bond motifs is 1. The van der Waals surface area contributed by atoms with Crippen molar-refractivity contribution in [1.29, 1.82) is 0 Å². The molecule has 0 spiro atoms. The van der Waals surface area contributed by atoms with Crippen molar-refractivity contribution in [3.8, 4) is 0 Å². The van der Waals surface area contributed by atoms with Gasteiger partial charge in [-0.25, -0.2) is 4.98 Å². The molecule has 0 aliphatic heterocycles. The fourth-order valence-electron chi connectivity index (χ4n) is 0.922. The van der Waals surface area contributed by atoms with E-state index in [2.05, 4.69) is 15.2 Å². The van der Waals surface area contributed by atoms with Crippen LogP contribution in [-0.4, -0.2) is 15.2 Å². The first-order valence-corrected chi connectivity index (χ1v) is 3.69. The minimum Gasteiger partial charge on any atom is -0.366 e. The molecule has 1 aromatic heterocycles. The first kappa shape index (κ1) is 7.24. The molecular weight excluding hydrogens is 176 g/mol. The lowest BCUT2D eigenvalue weighted by Crippen LogP contribution is -1.97. The Bertz CT molecular complexity index is 392. The molecule has 0 fully saturated rings. The molecule has 1 aromatic carbocycles. The van der Waals surface area contributed by atoms with Crippen molar-refractivity contribution in [2.24, 2.45) is 0 Å². The Hall–Kier alpha value is -1.42. The highest BCUT2D eigenvalue weighted by Crippen LogP contribution is 2.14. The SMILES string of the molecule is Nc1nnc2ccc(Cl)cc2n1. The van der Waals surface area contributed by atoms with E-state index in [1.807, 2.05) is 0 Å². The van der Waals surface area contributed by atoms with Gasteiger partial charge in [0, 0.05) is 5.02 Å². The van der Waals surface area contributed by atoms with Crippen LogP contribution in [0.1, 0.15) is 0 Å². The standard InChI is InChI=1S/C7H5ClN4/c8-4-1-2-5-6(3-4)10-7(9)12-11-5/h1-3H,(H2,9,10,12). The first-order chi connectivity index (χ1) is 5.75. The van der Waals surface area contributed by atoms with Gasteiger partial charge >= 0.3 is 0 Å². The summed E-state index contributed by atoms with van der Waals surface area (Å²) in [4.78, 5) is 3.96. The summed E-state index contributed by atoms with van der Waals surface area (Å²) in [6, 6.07) is 5.18. The number of hydrogen-bond acceptors (Lipinski definition) is 4. The predicted octanol–water partition coefficient (Wildman–Crippen LogP) is 1.26. The summed E-state index contributed by atoms with van der Waals surface area (Å²) in [6.45, 7) is 0. The monoisotopic (exact) mass is 180 g/mol. The van der Waals surface area contributed by atoms with E-state index in [1.54, 1.807) is 18.2 Å². The molecule has 0 bridgehead atoms. The summed E-state index contributed by atoms with van der Waals surface area (Å²) in [5.41, 5.74) is 6.70. The zero-order valence-corrected chi connectivity index (χ0v) is 6.78. The van der Waals surface area contributed by atoms with Gasteiger partial charge in [0.25, 0.3) is 0 Å². The van der Waals surface area contributed by atoms with Crippen molar-refractivity contribution in [2.75, 3.05) is 5.73 Å². The van der Waals surface area contributed by atoms with Crippen LogP contribution in [0.25, 0.3) is 11.0 Å². The molecule has 2 rings (SSSR count). The average Bonchev–Trinajstić information content (AvgIpc) is 2.03. The normalized spacial score (nSPS) is 10.4. The summed E-state index contributed by atoms with van der Waals surface area (Å²) in [5.74, 6) is 0.157. The molecule has 2 aromatic rings. The molecule has 0 unspecified atom stereocenters. The van der Waals surface area contributed by atoms with Gasteiger partial charge < -0.3 is 5.73 Å². The number of nitrogens with zero attached hydrogens (tertiary/aromatic N) is 3. The Labute approximate surface area is 73.4 Å². The minimum absolute atomic E-state index is 0.157. The summed E-state index contributed by atoms with van der Waals surface area (Å²) >= 11 is 5.74. The van der Waals surface area contributed by atoms with Crippen LogP contribution in [0.5, 0.6) is 0 Å². The van der Waals surface area contributed by atoms with E-state index in [1.165, 1.54) is 0 Å². The van der Waals surface area contributed by atoms with Crippen molar-refractivity contribution in [3.05, 3.63) is 23.2 Å². The Morgan fingerprint density at radius 2 is 2.00 bits per heavy atom. The largest absolute Gasteiger partial charge is 0.366 e. The molecule has 12 heavy (non-hydrogen) atoms. The highest BCUT2D eigenvalue weighted by atomic mass is 35.5. The van der Waals surface area contributed by atoms with Gasteiger partial charge in [-0.05, 0) is 18.2 Å². The summed E-state index contributed by atoms with van der Waals surface area (Å²) < 4.78 is 0. The van der Waals surface area contributed by atoms with Crippen LogP contribution < -0.4 is 5.73 Å². The van der Waals surface area contributed by atoms with Crippen LogP contribution in [0.2, 0.25) is 5.02 Å². The fourth-order valence-corrected chi connectivity index (χ4v) is 1.09. The number of aromatic nitrogens is 3. The van der Waals surface area contributed by atoms with E-state index in [0.29, 0.717) is 16.1 Å². The van der Waals surface area contributed by atoms with Gasteiger partial charge in [0.05, 0.1) is 5.52 Å². The third-order valence-corrected chi connectivity index (χ3v) is 1.67. The maximum atomic E-state index is 5.74. The van der Waals surface area contributed by atoms with Crippen LogP contribution >= 0.6 is 11.6 Å². The van der Waals surface area contributed by atoms with Crippen LogP contribution in [0.3, 0.4) is 0 Å². The van der Waals surface area contributed by atoms with Crippen molar-refractivity contribution >= 4 is 28.6 Å². The molecular formula is C7H5ClN4. The molecule has 2 N–H and O–H groups in total. The smallest absolute Gasteiger partial charge is 0.240 e. The molecule has 0 saturated heterocycles. The molecule has 0 saturated carbocycles. The van der Waals surface area contributed by atoms with E-state index >= 15 is 0 Å². The number of nitrogen functional groups attached to an aromatic ring is 1. The Balaban J connectivity index is 2.80. The van der Waals surface area contributed by atoms with Gasteiger partial charge in [0.2, 0.25) is 5.95 Å². The molecule has 0 radical (unpaired) electrons. The maximum absolute atomic E-state index is 5.74. The second-order valence-corrected chi connectivity index (χ2v) is 2.74. The highest BCUT2D eigenvalue weighted by Gasteiger charge is 1.98. The third-order valence-electron chi connectivity index (χ3n) is 1.43. The van der Waals surface area contributed by atoms with Gasteiger partial charge in [-0.2, -0.15) is 0 Å². The molecule has 5 heteroatoms. The highest BCUT2D eigenvalue weighted by molar-refractivity contribution is 6.31. The molecule has 0 aliphatic carbocycles. The Morgan fingerprint density at radius 3 is 2.83 bits per heavy atom. The number of rotatable bonds is 0. The summed E-state index contributed by atoms with van der Waals surface area (Å²) in [7, 11) is 0. The van der Waals surface area contributed by atoms with Gasteiger partial charge in [-0.15, -0.1) is 10.2 Å². The quantitative estimate of drug-likeness (QED) is 0.663. The molecule has 0 amide bonds. The lowest BCUT2D eigenvalue weighted by Gasteiger charge is -1.95. The zero-order chi connectivity index (χ0) is 8.55. The second kappa shape index (κ2) is 2.57. The average molecular weight is 181 g/mol. The second-order valence-electron chi connectivity index (χ2n) is 2.30. The number of halogens is 1. The number of anilines is 1. The van der Waals surface area contributed by atoms with Gasteiger partial charge in [0.1, 0.15) is 5.52 Å².